The normalized spacial score (nSPS) is 11.1. The van der Waals surface area contributed by atoms with Crippen molar-refractivity contribution in [3.05, 3.63) is 88.0 Å². The predicted octanol–water partition coefficient (Wildman–Crippen LogP) is 4.57. The summed E-state index contributed by atoms with van der Waals surface area (Å²) in [4.78, 5) is 18.7. The van der Waals surface area contributed by atoms with Crippen LogP contribution in [0.5, 0.6) is 6.01 Å². The summed E-state index contributed by atoms with van der Waals surface area (Å²) < 4.78 is 11.8. The van der Waals surface area contributed by atoms with Gasteiger partial charge in [-0.05, 0) is 28.8 Å². The number of aromatic amines is 1. The van der Waals surface area contributed by atoms with Crippen molar-refractivity contribution in [1.29, 1.82) is 0 Å². The van der Waals surface area contributed by atoms with Gasteiger partial charge >= 0.3 is 4.87 Å². The highest BCUT2D eigenvalue weighted by molar-refractivity contribution is 7.03. The summed E-state index contributed by atoms with van der Waals surface area (Å²) in [6.45, 7) is 0.658. The average molecular weight is 414 g/mol. The van der Waals surface area contributed by atoms with E-state index in [1.807, 2.05) is 48.5 Å². The lowest BCUT2D eigenvalue weighted by molar-refractivity contribution is 0.364. The Morgan fingerprint density at radius 2 is 1.70 bits per heavy atom. The molecule has 0 amide bonds. The van der Waals surface area contributed by atoms with Crippen LogP contribution in [0.1, 0.15) is 5.56 Å². The molecule has 6 nitrogen and oxygen atoms in total. The molecule has 1 N–H and O–H groups in total. The van der Waals surface area contributed by atoms with Crippen LogP contribution in [0.4, 0.5) is 0 Å². The first-order chi connectivity index (χ1) is 14.7. The van der Waals surface area contributed by atoms with Gasteiger partial charge < -0.3 is 4.74 Å². The van der Waals surface area contributed by atoms with Gasteiger partial charge in [0.1, 0.15) is 0 Å². The number of ether oxygens (including phenoxy) is 1. The summed E-state index contributed by atoms with van der Waals surface area (Å²) in [5, 5.41) is 0. The molecule has 2 aromatic heterocycles. The highest BCUT2D eigenvalue weighted by Gasteiger charge is 2.13. The average Bonchev–Trinajstić information content (AvgIpc) is 3.38. The maximum atomic E-state index is 11.5. The summed E-state index contributed by atoms with van der Waals surface area (Å²) in [5.41, 5.74) is 6.08. The minimum atomic E-state index is -0.156. The summed E-state index contributed by atoms with van der Waals surface area (Å²) in [7, 11) is 1.64. The molecular weight excluding hydrogens is 396 g/mol. The molecule has 0 aliphatic carbocycles. The fourth-order valence-corrected chi connectivity index (χ4v) is 4.08. The molecule has 0 bridgehead atoms. The molecule has 0 unspecified atom stereocenters. The van der Waals surface area contributed by atoms with E-state index in [4.69, 9.17) is 4.74 Å². The summed E-state index contributed by atoms with van der Waals surface area (Å²) in [6, 6.07) is 24.9. The Labute approximate surface area is 176 Å². The molecule has 0 aliphatic heterocycles. The monoisotopic (exact) mass is 414 g/mol. The molecule has 0 radical (unpaired) electrons. The van der Waals surface area contributed by atoms with Crippen molar-refractivity contribution in [3.8, 4) is 28.5 Å². The van der Waals surface area contributed by atoms with Crippen LogP contribution in [0.2, 0.25) is 0 Å². The third-order valence-electron chi connectivity index (χ3n) is 5.03. The molecule has 30 heavy (non-hydrogen) atoms. The Bertz CT molecular complexity index is 1380. The number of methoxy groups -OCH3 is 1. The van der Waals surface area contributed by atoms with E-state index in [2.05, 4.69) is 43.2 Å². The first-order valence-corrected chi connectivity index (χ1v) is 10.2. The van der Waals surface area contributed by atoms with Crippen molar-refractivity contribution in [2.45, 2.75) is 6.54 Å². The van der Waals surface area contributed by atoms with Gasteiger partial charge in [-0.3, -0.25) is 14.3 Å². The highest BCUT2D eigenvalue weighted by Crippen LogP contribution is 2.30. The first-order valence-electron chi connectivity index (χ1n) is 9.47. The van der Waals surface area contributed by atoms with Gasteiger partial charge in [0.25, 0.3) is 6.01 Å². The molecule has 3 aromatic carbocycles. The Hall–Kier alpha value is -3.71. The zero-order valence-electron chi connectivity index (χ0n) is 16.2. The van der Waals surface area contributed by atoms with Crippen LogP contribution in [0.3, 0.4) is 0 Å². The van der Waals surface area contributed by atoms with Crippen molar-refractivity contribution in [1.82, 2.24) is 18.9 Å². The topological polar surface area (TPSA) is 72.8 Å². The van der Waals surface area contributed by atoms with Gasteiger partial charge in [0.15, 0.2) is 5.82 Å². The van der Waals surface area contributed by atoms with E-state index in [0.29, 0.717) is 18.4 Å². The molecular formula is C23H18N4O2S. The standard InChI is InChI=1S/C23H18N4O2S/c1-29-22-24-19-8-4-5-9-20(19)27(22)14-15-10-12-16(13-11-15)17-6-2-3-7-18(17)21-25-23(28)30-26-21/h2-13H,14H2,1H3,(H,25,26,28). The molecule has 0 atom stereocenters. The zero-order valence-corrected chi connectivity index (χ0v) is 17.0. The zero-order chi connectivity index (χ0) is 20.5. The van der Waals surface area contributed by atoms with Gasteiger partial charge in [-0.1, -0.05) is 60.7 Å². The molecule has 0 aliphatic rings. The van der Waals surface area contributed by atoms with Crippen molar-refractivity contribution < 1.29 is 4.74 Å². The molecule has 5 aromatic rings. The van der Waals surface area contributed by atoms with Crippen molar-refractivity contribution in [3.63, 3.8) is 0 Å². The van der Waals surface area contributed by atoms with Crippen molar-refractivity contribution in [2.75, 3.05) is 7.11 Å². The van der Waals surface area contributed by atoms with Crippen LogP contribution in [0, 0.1) is 0 Å². The molecule has 0 saturated carbocycles. The number of aromatic nitrogens is 4. The van der Waals surface area contributed by atoms with Gasteiger partial charge in [-0.15, -0.1) is 0 Å². The lowest BCUT2D eigenvalue weighted by atomic mass is 9.98. The summed E-state index contributed by atoms with van der Waals surface area (Å²) >= 11 is 0.930. The second-order valence-corrected chi connectivity index (χ2v) is 7.60. The highest BCUT2D eigenvalue weighted by atomic mass is 32.1. The van der Waals surface area contributed by atoms with E-state index >= 15 is 0 Å². The number of nitrogens with one attached hydrogen (secondary N) is 1. The summed E-state index contributed by atoms with van der Waals surface area (Å²) in [6.07, 6.45) is 0. The van der Waals surface area contributed by atoms with E-state index < -0.39 is 0 Å². The lowest BCUT2D eigenvalue weighted by Crippen LogP contribution is -2.02. The number of H-pyrrole nitrogens is 1. The summed E-state index contributed by atoms with van der Waals surface area (Å²) in [5.74, 6) is 0.597. The second kappa shape index (κ2) is 7.61. The van der Waals surface area contributed by atoms with Crippen LogP contribution in [0.25, 0.3) is 33.5 Å². The third kappa shape index (κ3) is 3.29. The molecule has 0 spiro atoms. The Balaban J connectivity index is 1.49. The van der Waals surface area contributed by atoms with E-state index in [-0.39, 0.29) is 4.87 Å². The fraction of sp³-hybridized carbons (Fsp3) is 0.0870. The van der Waals surface area contributed by atoms with Gasteiger partial charge in [0, 0.05) is 17.1 Å². The number of benzene rings is 3. The number of hydrogen-bond donors (Lipinski definition) is 1. The number of nitrogens with zero attached hydrogens (tertiary/aromatic N) is 3. The van der Waals surface area contributed by atoms with E-state index in [1.54, 1.807) is 7.11 Å². The quantitative estimate of drug-likeness (QED) is 0.457. The SMILES string of the molecule is COc1nc2ccccc2n1Cc1ccc(-c2ccccc2-c2nsc(=O)[nH]2)cc1. The first kappa shape index (κ1) is 18.3. The van der Waals surface area contributed by atoms with E-state index in [1.165, 1.54) is 0 Å². The smallest absolute Gasteiger partial charge is 0.323 e. The molecule has 7 heteroatoms. The van der Waals surface area contributed by atoms with Gasteiger partial charge in [-0.25, -0.2) is 0 Å². The molecule has 0 saturated heterocycles. The Kier molecular flexibility index (Phi) is 4.65. The molecule has 2 heterocycles. The van der Waals surface area contributed by atoms with Gasteiger partial charge in [-0.2, -0.15) is 9.36 Å². The number of para-hydroxylation sites is 2. The van der Waals surface area contributed by atoms with E-state index in [0.717, 1.165) is 44.8 Å². The second-order valence-electron chi connectivity index (χ2n) is 6.86. The fourth-order valence-electron chi connectivity index (χ4n) is 3.62. The largest absolute Gasteiger partial charge is 0.468 e. The lowest BCUT2D eigenvalue weighted by Gasteiger charge is -2.10. The van der Waals surface area contributed by atoms with Crippen LogP contribution >= 0.6 is 11.5 Å². The Morgan fingerprint density at radius 1 is 0.967 bits per heavy atom. The number of fused-ring (bicyclic) bond motifs is 1. The van der Waals surface area contributed by atoms with Crippen molar-refractivity contribution >= 4 is 22.6 Å². The third-order valence-corrected chi connectivity index (χ3v) is 5.57. The molecule has 148 valence electrons. The van der Waals surface area contributed by atoms with Crippen LogP contribution < -0.4 is 9.61 Å². The van der Waals surface area contributed by atoms with E-state index in [9.17, 15) is 4.79 Å². The van der Waals surface area contributed by atoms with Crippen LogP contribution in [0.15, 0.2) is 77.6 Å². The molecule has 5 rings (SSSR count). The minimum absolute atomic E-state index is 0.156. The number of imidazole rings is 1. The minimum Gasteiger partial charge on any atom is -0.468 e. The van der Waals surface area contributed by atoms with Crippen LogP contribution in [-0.2, 0) is 6.54 Å². The van der Waals surface area contributed by atoms with Gasteiger partial charge in [0.2, 0.25) is 0 Å². The number of hydrogen-bond acceptors (Lipinski definition) is 5. The maximum absolute atomic E-state index is 11.5. The maximum Gasteiger partial charge on any atom is 0.323 e. The Morgan fingerprint density at radius 3 is 2.43 bits per heavy atom. The number of rotatable bonds is 5. The predicted molar refractivity (Wildman–Crippen MR) is 119 cm³/mol. The van der Waals surface area contributed by atoms with Crippen LogP contribution in [-0.4, -0.2) is 26.0 Å². The van der Waals surface area contributed by atoms with Gasteiger partial charge in [0.05, 0.1) is 24.7 Å². The molecule has 0 fully saturated rings. The van der Waals surface area contributed by atoms with Crippen molar-refractivity contribution in [2.24, 2.45) is 0 Å².